The highest BCUT2D eigenvalue weighted by molar-refractivity contribution is 8.14. The lowest BCUT2D eigenvalue weighted by atomic mass is 9.83. The number of ketones is 1. The summed E-state index contributed by atoms with van der Waals surface area (Å²) in [6, 6.07) is 7.35. The maximum Gasteiger partial charge on any atom is 0.185 e. The molecule has 5 rings (SSSR count). The van der Waals surface area contributed by atoms with E-state index in [1.165, 1.54) is 48.6 Å². The number of alkyl halides is 1. The number of Topliss-reactive ketones (excluding diaryl/α,β-unsaturated/α-hetero) is 1. The Labute approximate surface area is 197 Å². The molecule has 6 nitrogen and oxygen atoms in total. The first kappa shape index (κ1) is 22.0. The van der Waals surface area contributed by atoms with Gasteiger partial charge in [-0.15, -0.1) is 0 Å². The van der Waals surface area contributed by atoms with Crippen LogP contribution in [0.25, 0.3) is 0 Å². The lowest BCUT2D eigenvalue weighted by molar-refractivity contribution is 0.0988. The number of aromatic nitrogens is 2. The zero-order valence-corrected chi connectivity index (χ0v) is 19.1. The van der Waals surface area contributed by atoms with Gasteiger partial charge in [-0.2, -0.15) is 0 Å². The van der Waals surface area contributed by atoms with Gasteiger partial charge in [0.05, 0.1) is 15.5 Å². The molecule has 2 N–H and O–H groups in total. The quantitative estimate of drug-likeness (QED) is 0.504. The Morgan fingerprint density at radius 3 is 2.82 bits per heavy atom. The van der Waals surface area contributed by atoms with Gasteiger partial charge in [0.1, 0.15) is 29.5 Å². The molecule has 10 heteroatoms. The van der Waals surface area contributed by atoms with Crippen molar-refractivity contribution in [3.8, 4) is 0 Å². The van der Waals surface area contributed by atoms with Crippen LogP contribution in [0.2, 0.25) is 5.02 Å². The van der Waals surface area contributed by atoms with Crippen molar-refractivity contribution in [2.24, 2.45) is 16.6 Å². The largest absolute Gasteiger partial charge is 0.447 e. The molecule has 1 fully saturated rings. The van der Waals surface area contributed by atoms with Crippen LogP contribution in [0, 0.1) is 18.7 Å². The Balaban J connectivity index is 1.52. The number of nitrogens with zero attached hydrogens (tertiary/aromatic N) is 3. The van der Waals surface area contributed by atoms with Crippen LogP contribution in [0.3, 0.4) is 0 Å². The van der Waals surface area contributed by atoms with Gasteiger partial charge in [-0.1, -0.05) is 29.4 Å². The third kappa shape index (κ3) is 3.54. The van der Waals surface area contributed by atoms with Gasteiger partial charge in [0.25, 0.3) is 0 Å². The third-order valence-corrected chi connectivity index (χ3v) is 7.82. The molecule has 33 heavy (non-hydrogen) atoms. The molecule has 1 aliphatic carbocycles. The lowest BCUT2D eigenvalue weighted by Gasteiger charge is -2.34. The number of oxazole rings is 1. The molecule has 0 amide bonds. The fourth-order valence-corrected chi connectivity index (χ4v) is 6.24. The Morgan fingerprint density at radius 2 is 2.15 bits per heavy atom. The first-order chi connectivity index (χ1) is 15.8. The summed E-state index contributed by atoms with van der Waals surface area (Å²) in [7, 11) is 0. The summed E-state index contributed by atoms with van der Waals surface area (Å²) in [6.45, 7) is 0.862. The SMILES string of the molecule is Cc1ncoc1[C@]12C[C@H]1[C@@](CF)(c1cc(CC(=O)c3ccc(Cl)cn3)ccc1F)N=C(N)S2. The number of benzene rings is 1. The number of rotatable bonds is 6. The number of nitrogens with two attached hydrogens (primary N) is 1. The van der Waals surface area contributed by atoms with Crippen molar-refractivity contribution in [2.45, 2.75) is 30.1 Å². The van der Waals surface area contributed by atoms with Crippen molar-refractivity contribution >= 4 is 34.3 Å². The van der Waals surface area contributed by atoms with Crippen molar-refractivity contribution in [1.29, 1.82) is 0 Å². The minimum absolute atomic E-state index is 0.0325. The molecule has 0 saturated heterocycles. The fourth-order valence-electron chi connectivity index (χ4n) is 4.67. The van der Waals surface area contributed by atoms with Gasteiger partial charge in [0, 0.05) is 24.1 Å². The second kappa shape index (κ2) is 7.92. The molecule has 170 valence electrons. The highest BCUT2D eigenvalue weighted by Gasteiger charge is 2.71. The molecule has 1 saturated carbocycles. The molecule has 1 aliphatic heterocycles. The Hall–Kier alpha value is -2.78. The standard InChI is InChI=1S/C23H19ClF2N4O2S/c1-12-20(32-11-29-12)23-8-19(23)22(10-25,30-21(27)33-23)15-6-13(2-4-16(15)26)7-18(31)17-5-3-14(24)9-28-17/h2-6,9,11,19H,7-8,10H2,1H3,(H2,27,30)/t19-,22+,23-/m0/s1. The minimum atomic E-state index is -1.52. The molecule has 3 heterocycles. The average Bonchev–Trinajstić information content (AvgIpc) is 3.37. The van der Waals surface area contributed by atoms with E-state index < -0.39 is 22.8 Å². The van der Waals surface area contributed by atoms with E-state index in [0.29, 0.717) is 28.5 Å². The molecule has 0 unspecified atom stereocenters. The van der Waals surface area contributed by atoms with Crippen LogP contribution < -0.4 is 5.73 Å². The summed E-state index contributed by atoms with van der Waals surface area (Å²) >= 11 is 7.13. The maximum absolute atomic E-state index is 15.1. The number of aliphatic imine (C=N–C) groups is 1. The van der Waals surface area contributed by atoms with E-state index in [1.54, 1.807) is 13.0 Å². The second-order valence-electron chi connectivity index (χ2n) is 8.30. The van der Waals surface area contributed by atoms with E-state index in [1.807, 2.05) is 0 Å². The van der Waals surface area contributed by atoms with Crippen LogP contribution in [0.1, 0.15) is 39.5 Å². The first-order valence-electron chi connectivity index (χ1n) is 10.2. The van der Waals surface area contributed by atoms with Crippen LogP contribution in [0.4, 0.5) is 8.78 Å². The van der Waals surface area contributed by atoms with Crippen LogP contribution in [0.5, 0.6) is 0 Å². The number of carbonyl (C=O) groups excluding carboxylic acids is 1. The van der Waals surface area contributed by atoms with Gasteiger partial charge in [-0.3, -0.25) is 9.78 Å². The maximum atomic E-state index is 15.1. The zero-order valence-electron chi connectivity index (χ0n) is 17.5. The molecule has 2 aliphatic rings. The lowest BCUT2D eigenvalue weighted by Crippen LogP contribution is -2.39. The molecule has 2 aromatic heterocycles. The van der Waals surface area contributed by atoms with Crippen LogP contribution >= 0.6 is 23.4 Å². The van der Waals surface area contributed by atoms with E-state index in [0.717, 1.165) is 0 Å². The number of hydrogen-bond donors (Lipinski definition) is 1. The normalized spacial score (nSPS) is 25.9. The van der Waals surface area contributed by atoms with E-state index in [2.05, 4.69) is 15.0 Å². The summed E-state index contributed by atoms with van der Waals surface area (Å²) < 4.78 is 34.9. The van der Waals surface area contributed by atoms with E-state index >= 15 is 4.39 Å². The van der Waals surface area contributed by atoms with E-state index in [9.17, 15) is 9.18 Å². The van der Waals surface area contributed by atoms with Gasteiger partial charge in [0.2, 0.25) is 0 Å². The fraction of sp³-hybridized carbons (Fsp3) is 0.304. The smallest absolute Gasteiger partial charge is 0.185 e. The predicted octanol–water partition coefficient (Wildman–Crippen LogP) is 4.74. The van der Waals surface area contributed by atoms with Crippen LogP contribution in [-0.2, 0) is 16.7 Å². The van der Waals surface area contributed by atoms with Gasteiger partial charge in [0.15, 0.2) is 17.3 Å². The molecule has 0 spiro atoms. The van der Waals surface area contributed by atoms with Crippen LogP contribution in [-0.4, -0.2) is 27.6 Å². The second-order valence-corrected chi connectivity index (χ2v) is 10.1. The molecule has 3 atom stereocenters. The molecular weight excluding hydrogens is 470 g/mol. The molecule has 3 aromatic rings. The molecular formula is C23H19ClF2N4O2S. The summed E-state index contributed by atoms with van der Waals surface area (Å²) in [5.74, 6) is -0.642. The Bertz CT molecular complexity index is 1280. The van der Waals surface area contributed by atoms with Gasteiger partial charge in [-0.25, -0.2) is 18.8 Å². The average molecular weight is 489 g/mol. The van der Waals surface area contributed by atoms with Gasteiger partial charge in [-0.05, 0) is 43.2 Å². The minimum Gasteiger partial charge on any atom is -0.447 e. The highest BCUT2D eigenvalue weighted by Crippen LogP contribution is 2.71. The zero-order chi connectivity index (χ0) is 23.4. The van der Waals surface area contributed by atoms with Crippen molar-refractivity contribution in [3.05, 3.63) is 82.0 Å². The van der Waals surface area contributed by atoms with Crippen molar-refractivity contribution in [2.75, 3.05) is 6.67 Å². The number of pyridine rings is 1. The Morgan fingerprint density at radius 1 is 1.33 bits per heavy atom. The monoisotopic (exact) mass is 488 g/mol. The number of amidine groups is 1. The van der Waals surface area contributed by atoms with Crippen molar-refractivity contribution in [3.63, 3.8) is 0 Å². The Kier molecular flexibility index (Phi) is 5.29. The number of hydrogen-bond acceptors (Lipinski definition) is 7. The molecule has 1 aromatic carbocycles. The van der Waals surface area contributed by atoms with Gasteiger partial charge < -0.3 is 10.2 Å². The van der Waals surface area contributed by atoms with E-state index in [4.69, 9.17) is 21.8 Å². The van der Waals surface area contributed by atoms with Crippen LogP contribution in [0.15, 0.2) is 52.3 Å². The summed E-state index contributed by atoms with van der Waals surface area (Å²) in [5, 5.41) is 0.574. The van der Waals surface area contributed by atoms with Crippen molar-refractivity contribution in [1.82, 2.24) is 9.97 Å². The highest BCUT2D eigenvalue weighted by atomic mass is 35.5. The number of halogens is 3. The first-order valence-corrected chi connectivity index (χ1v) is 11.4. The number of fused-ring (bicyclic) bond motifs is 1. The molecule has 0 bridgehead atoms. The van der Waals surface area contributed by atoms with Crippen molar-refractivity contribution < 1.29 is 18.0 Å². The topological polar surface area (TPSA) is 94.4 Å². The molecule has 0 radical (unpaired) electrons. The van der Waals surface area contributed by atoms with E-state index in [-0.39, 0.29) is 34.5 Å². The summed E-state index contributed by atoms with van der Waals surface area (Å²) in [4.78, 5) is 25.3. The third-order valence-electron chi connectivity index (χ3n) is 6.29. The summed E-state index contributed by atoms with van der Waals surface area (Å²) in [6.07, 6.45) is 3.21. The number of aryl methyl sites for hydroxylation is 1. The number of carbonyl (C=O) groups is 1. The number of thioether (sulfide) groups is 1. The van der Waals surface area contributed by atoms with Gasteiger partial charge >= 0.3 is 0 Å². The predicted molar refractivity (Wildman–Crippen MR) is 122 cm³/mol. The summed E-state index contributed by atoms with van der Waals surface area (Å²) in [5.41, 5.74) is 6.13.